The number of benzene rings is 2. The molecular weight excluding hydrogens is 425 g/mol. The molecule has 1 aromatic heterocycles. The van der Waals surface area contributed by atoms with Crippen LogP contribution in [0.15, 0.2) is 77.7 Å². The number of para-hydroxylation sites is 1. The predicted octanol–water partition coefficient (Wildman–Crippen LogP) is 3.17. The van der Waals surface area contributed by atoms with E-state index in [4.69, 9.17) is 4.74 Å². The fraction of sp³-hybridized carbons (Fsp3) is 0.200. The second kappa shape index (κ2) is 8.12. The molecule has 5 rings (SSSR count). The van der Waals surface area contributed by atoms with E-state index in [9.17, 15) is 19.1 Å². The number of ether oxygens (including phenoxy) is 1. The van der Waals surface area contributed by atoms with Crippen molar-refractivity contribution in [3.05, 3.63) is 106 Å². The molecule has 1 amide bonds. The Kier molecular flexibility index (Phi) is 5.12. The highest BCUT2D eigenvalue weighted by Crippen LogP contribution is 2.39. The van der Waals surface area contributed by atoms with Crippen molar-refractivity contribution in [2.75, 3.05) is 18.2 Å². The van der Waals surface area contributed by atoms with Crippen LogP contribution in [0.5, 0.6) is 11.5 Å². The largest absolute Gasteiger partial charge is 0.502 e. The Morgan fingerprint density at radius 1 is 1.03 bits per heavy atom. The molecule has 1 N–H and O–H groups in total. The molecule has 7 nitrogen and oxygen atoms in total. The number of pyridine rings is 1. The van der Waals surface area contributed by atoms with E-state index < -0.39 is 35.1 Å². The molecule has 3 heterocycles. The normalized spacial score (nSPS) is 20.8. The van der Waals surface area contributed by atoms with Gasteiger partial charge in [-0.2, -0.15) is 0 Å². The second-order valence-corrected chi connectivity index (χ2v) is 7.94. The van der Waals surface area contributed by atoms with Crippen LogP contribution in [0, 0.1) is 5.82 Å². The van der Waals surface area contributed by atoms with Crippen molar-refractivity contribution in [3.63, 3.8) is 0 Å². The van der Waals surface area contributed by atoms with Gasteiger partial charge in [0.25, 0.3) is 5.91 Å². The van der Waals surface area contributed by atoms with Gasteiger partial charge < -0.3 is 14.7 Å². The van der Waals surface area contributed by atoms with E-state index in [-0.39, 0.29) is 24.6 Å². The zero-order valence-corrected chi connectivity index (χ0v) is 17.9. The maximum atomic E-state index is 15.0. The zero-order chi connectivity index (χ0) is 23.1. The number of aromatic hydroxyl groups is 1. The summed E-state index contributed by atoms with van der Waals surface area (Å²) in [5.74, 6) is -1.47. The minimum atomic E-state index is -0.644. The van der Waals surface area contributed by atoms with Gasteiger partial charge in [0, 0.05) is 24.4 Å². The van der Waals surface area contributed by atoms with Crippen molar-refractivity contribution in [1.82, 2.24) is 9.58 Å². The minimum Gasteiger partial charge on any atom is -0.502 e. The molecule has 2 bridgehead atoms. The number of nitrogens with zero attached hydrogens (tertiary/aromatic N) is 3. The fourth-order valence-corrected chi connectivity index (χ4v) is 4.50. The van der Waals surface area contributed by atoms with Crippen molar-refractivity contribution < 1.29 is 19.0 Å². The Morgan fingerprint density at radius 2 is 1.82 bits per heavy atom. The van der Waals surface area contributed by atoms with Gasteiger partial charge in [-0.25, -0.2) is 4.39 Å². The minimum absolute atomic E-state index is 0.111. The van der Waals surface area contributed by atoms with Gasteiger partial charge in [-0.15, -0.1) is 0 Å². The Labute approximate surface area is 189 Å². The van der Waals surface area contributed by atoms with Crippen LogP contribution in [-0.4, -0.2) is 39.9 Å². The monoisotopic (exact) mass is 447 g/mol. The molecule has 0 radical (unpaired) electrons. The molecule has 2 aliphatic rings. The smallest absolute Gasteiger partial charge is 0.278 e. The van der Waals surface area contributed by atoms with Gasteiger partial charge in [0.2, 0.25) is 5.43 Å². The van der Waals surface area contributed by atoms with Crippen LogP contribution in [0.2, 0.25) is 0 Å². The van der Waals surface area contributed by atoms with Crippen molar-refractivity contribution >= 4 is 5.91 Å². The lowest BCUT2D eigenvalue weighted by atomic mass is 9.96. The Balaban J connectivity index is 1.86. The molecule has 3 aromatic rings. The molecule has 0 fully saturated rings. The molecular formula is C25H22FN3O4. The van der Waals surface area contributed by atoms with Crippen LogP contribution in [0.25, 0.3) is 0 Å². The van der Waals surface area contributed by atoms with Gasteiger partial charge in [-0.3, -0.25) is 19.3 Å². The van der Waals surface area contributed by atoms with E-state index in [1.165, 1.54) is 23.0 Å². The van der Waals surface area contributed by atoms with E-state index in [0.29, 0.717) is 5.56 Å². The molecule has 0 saturated carbocycles. The summed E-state index contributed by atoms with van der Waals surface area (Å²) in [5.41, 5.74) is 0.607. The fourth-order valence-electron chi connectivity index (χ4n) is 4.50. The lowest BCUT2D eigenvalue weighted by molar-refractivity contribution is 0.0604. The molecule has 0 unspecified atom stereocenters. The summed E-state index contributed by atoms with van der Waals surface area (Å²) < 4.78 is 22.3. The summed E-state index contributed by atoms with van der Waals surface area (Å²) in [4.78, 5) is 27.1. The highest BCUT2D eigenvalue weighted by molar-refractivity contribution is 5.96. The highest BCUT2D eigenvalue weighted by Gasteiger charge is 2.41. The molecule has 0 spiro atoms. The molecule has 33 heavy (non-hydrogen) atoms. The third kappa shape index (κ3) is 3.34. The van der Waals surface area contributed by atoms with Crippen molar-refractivity contribution in [2.24, 2.45) is 0 Å². The van der Waals surface area contributed by atoms with Crippen molar-refractivity contribution in [2.45, 2.75) is 19.1 Å². The third-order valence-electron chi connectivity index (χ3n) is 6.06. The molecule has 8 heteroatoms. The van der Waals surface area contributed by atoms with Crippen LogP contribution in [0.4, 0.5) is 4.39 Å². The van der Waals surface area contributed by atoms with Gasteiger partial charge >= 0.3 is 0 Å². The van der Waals surface area contributed by atoms with E-state index in [2.05, 4.69) is 0 Å². The first kappa shape index (κ1) is 20.8. The first-order valence-corrected chi connectivity index (χ1v) is 10.6. The van der Waals surface area contributed by atoms with E-state index >= 15 is 0 Å². The van der Waals surface area contributed by atoms with Crippen LogP contribution in [0.1, 0.15) is 34.6 Å². The molecule has 2 atom stereocenters. The lowest BCUT2D eigenvalue weighted by Crippen LogP contribution is -2.61. The zero-order valence-electron chi connectivity index (χ0n) is 17.9. The molecule has 2 aromatic carbocycles. The van der Waals surface area contributed by atoms with Gasteiger partial charge in [-0.05, 0) is 24.6 Å². The SMILES string of the molecule is C[C@@H]1N2C/C=C\COc3c(F)cccc3[C@@H](c3ccccc3)N1n1ccc(=O)c(O)c1C2=O. The summed E-state index contributed by atoms with van der Waals surface area (Å²) >= 11 is 0. The predicted molar refractivity (Wildman–Crippen MR) is 120 cm³/mol. The van der Waals surface area contributed by atoms with Crippen LogP contribution >= 0.6 is 0 Å². The van der Waals surface area contributed by atoms with Gasteiger partial charge in [0.15, 0.2) is 23.0 Å². The van der Waals surface area contributed by atoms with Gasteiger partial charge in [0.05, 0.1) is 0 Å². The first-order valence-electron chi connectivity index (χ1n) is 10.6. The Hall–Kier alpha value is -4.07. The van der Waals surface area contributed by atoms with E-state index in [1.807, 2.05) is 42.3 Å². The number of carbonyl (C=O) groups is 1. The van der Waals surface area contributed by atoms with E-state index in [0.717, 1.165) is 5.56 Å². The molecule has 2 aliphatic heterocycles. The van der Waals surface area contributed by atoms with Crippen molar-refractivity contribution in [1.29, 1.82) is 0 Å². The number of carbonyl (C=O) groups excluding carboxylic acids is 1. The maximum absolute atomic E-state index is 15.0. The summed E-state index contributed by atoms with van der Waals surface area (Å²) in [6.45, 7) is 2.21. The number of amides is 1. The molecule has 0 aliphatic carbocycles. The Morgan fingerprint density at radius 3 is 2.61 bits per heavy atom. The second-order valence-electron chi connectivity index (χ2n) is 7.94. The number of hydrogen-bond acceptors (Lipinski definition) is 5. The van der Waals surface area contributed by atoms with Gasteiger partial charge in [-0.1, -0.05) is 48.5 Å². The standard InChI is InChI=1S/C25H22FN3O4/c1-16-27-13-5-6-15-33-24-18(10-7-11-19(24)26)21(17-8-3-2-4-9-17)29(16)28-14-12-20(30)23(31)22(28)25(27)32/h2-12,14,16,21,31H,13,15H2,1H3/b6-5-/t16-,21-/m1/s1. The first-order chi connectivity index (χ1) is 16.0. The summed E-state index contributed by atoms with van der Waals surface area (Å²) in [5, 5.41) is 12.4. The molecule has 0 saturated heterocycles. The number of rotatable bonds is 1. The Bertz CT molecular complexity index is 1300. The molecule has 168 valence electrons. The average Bonchev–Trinajstić information content (AvgIpc) is 2.83. The van der Waals surface area contributed by atoms with E-state index in [1.54, 1.807) is 29.2 Å². The number of aromatic nitrogens is 1. The summed E-state index contributed by atoms with van der Waals surface area (Å²) in [6.07, 6.45) is 4.43. The van der Waals surface area contributed by atoms with Crippen LogP contribution in [0.3, 0.4) is 0 Å². The van der Waals surface area contributed by atoms with Crippen LogP contribution in [-0.2, 0) is 0 Å². The quantitative estimate of drug-likeness (QED) is 0.580. The number of halogens is 1. The maximum Gasteiger partial charge on any atom is 0.278 e. The average molecular weight is 447 g/mol. The van der Waals surface area contributed by atoms with Gasteiger partial charge in [0.1, 0.15) is 18.8 Å². The highest BCUT2D eigenvalue weighted by atomic mass is 19.1. The third-order valence-corrected chi connectivity index (χ3v) is 6.06. The number of fused-ring (bicyclic) bond motifs is 5. The topological polar surface area (TPSA) is 75.0 Å². The summed E-state index contributed by atoms with van der Waals surface area (Å²) in [6, 6.07) is 14.8. The lowest BCUT2D eigenvalue weighted by Gasteiger charge is -2.48. The number of hydrogen-bond donors (Lipinski definition) is 1. The summed E-state index contributed by atoms with van der Waals surface area (Å²) in [7, 11) is 0. The van der Waals surface area contributed by atoms with Crippen LogP contribution < -0.4 is 15.2 Å². The van der Waals surface area contributed by atoms with Crippen molar-refractivity contribution in [3.8, 4) is 11.5 Å².